The molecule has 0 saturated carbocycles. The fourth-order valence-corrected chi connectivity index (χ4v) is 2.70. The molecular formula is C15H15FN2O. The second-order valence-electron chi connectivity index (χ2n) is 5.14. The number of hydrogen-bond acceptors (Lipinski definition) is 2. The highest BCUT2D eigenvalue weighted by Gasteiger charge is 2.50. The lowest BCUT2D eigenvalue weighted by atomic mass is 9.81. The molecule has 4 heteroatoms. The van der Waals surface area contributed by atoms with E-state index < -0.39 is 5.54 Å². The second kappa shape index (κ2) is 4.23. The average Bonchev–Trinajstić information content (AvgIpc) is 2.64. The molecule has 0 bridgehead atoms. The lowest BCUT2D eigenvalue weighted by Crippen LogP contribution is -2.47. The largest absolute Gasteiger partial charge is 0.371 e. The fraction of sp³-hybridized carbons (Fsp3) is 0.267. The van der Waals surface area contributed by atoms with Crippen LogP contribution in [0.4, 0.5) is 10.1 Å². The Labute approximate surface area is 111 Å². The van der Waals surface area contributed by atoms with Gasteiger partial charge in [0, 0.05) is 23.7 Å². The summed E-state index contributed by atoms with van der Waals surface area (Å²) < 4.78 is 13.5. The van der Waals surface area contributed by atoms with Gasteiger partial charge in [0.2, 0.25) is 5.91 Å². The van der Waals surface area contributed by atoms with Crippen LogP contribution in [0.25, 0.3) is 0 Å². The summed E-state index contributed by atoms with van der Waals surface area (Å²) in [5.41, 5.74) is 0.826. The molecule has 2 N–H and O–H groups in total. The van der Waals surface area contributed by atoms with Crippen LogP contribution in [0.1, 0.15) is 13.3 Å². The van der Waals surface area contributed by atoms with E-state index in [0.29, 0.717) is 0 Å². The third kappa shape index (κ3) is 1.93. The van der Waals surface area contributed by atoms with E-state index >= 15 is 0 Å². The molecule has 0 spiro atoms. The summed E-state index contributed by atoms with van der Waals surface area (Å²) in [6, 6.07) is 9.51. The third-order valence-corrected chi connectivity index (χ3v) is 3.82. The minimum Gasteiger partial charge on any atom is -0.371 e. The van der Waals surface area contributed by atoms with Gasteiger partial charge in [0.25, 0.3) is 0 Å². The van der Waals surface area contributed by atoms with E-state index in [1.165, 1.54) is 6.08 Å². The minimum absolute atomic E-state index is 0.115. The van der Waals surface area contributed by atoms with E-state index in [2.05, 4.69) is 10.6 Å². The van der Waals surface area contributed by atoms with Gasteiger partial charge in [-0.25, -0.2) is 4.39 Å². The lowest BCUT2D eigenvalue weighted by molar-refractivity contribution is -0.122. The highest BCUT2D eigenvalue weighted by atomic mass is 19.1. The quantitative estimate of drug-likeness (QED) is 0.856. The molecular weight excluding hydrogens is 243 g/mol. The molecule has 1 saturated heterocycles. The number of rotatable bonds is 2. The lowest BCUT2D eigenvalue weighted by Gasteiger charge is -2.31. The Morgan fingerprint density at radius 1 is 1.32 bits per heavy atom. The van der Waals surface area contributed by atoms with Crippen LogP contribution in [0.2, 0.25) is 0 Å². The molecule has 2 aliphatic rings. The normalized spacial score (nSPS) is 29.2. The van der Waals surface area contributed by atoms with Crippen LogP contribution in [0.3, 0.4) is 0 Å². The number of para-hydroxylation sites is 1. The SMILES string of the molecule is CC1(Nc2ccccc2)C(=O)NC2=CC=C(F)CC21. The van der Waals surface area contributed by atoms with Crippen molar-refractivity contribution in [2.24, 2.45) is 5.92 Å². The smallest absolute Gasteiger partial charge is 0.250 e. The first kappa shape index (κ1) is 12.0. The molecule has 1 aliphatic carbocycles. The molecule has 98 valence electrons. The zero-order chi connectivity index (χ0) is 13.5. The maximum absolute atomic E-state index is 13.5. The first-order valence-corrected chi connectivity index (χ1v) is 6.30. The summed E-state index contributed by atoms with van der Waals surface area (Å²) in [6.07, 6.45) is 3.32. The zero-order valence-electron chi connectivity index (χ0n) is 10.6. The molecule has 2 unspecified atom stereocenters. The van der Waals surface area contributed by atoms with Crippen LogP contribution in [-0.2, 0) is 4.79 Å². The Morgan fingerprint density at radius 3 is 2.79 bits per heavy atom. The van der Waals surface area contributed by atoms with Crippen LogP contribution in [0.15, 0.2) is 54.0 Å². The molecule has 1 amide bonds. The zero-order valence-corrected chi connectivity index (χ0v) is 10.6. The molecule has 3 rings (SSSR count). The second-order valence-corrected chi connectivity index (χ2v) is 5.14. The molecule has 19 heavy (non-hydrogen) atoms. The Morgan fingerprint density at radius 2 is 2.05 bits per heavy atom. The predicted molar refractivity (Wildman–Crippen MR) is 72.0 cm³/mol. The summed E-state index contributed by atoms with van der Waals surface area (Å²) in [7, 11) is 0. The number of carbonyl (C=O) groups excluding carboxylic acids is 1. The maximum atomic E-state index is 13.5. The van der Waals surface area contributed by atoms with Gasteiger partial charge in [-0.2, -0.15) is 0 Å². The summed E-state index contributed by atoms with van der Waals surface area (Å²) in [5.74, 6) is -0.493. The van der Waals surface area contributed by atoms with Crippen molar-refractivity contribution >= 4 is 11.6 Å². The molecule has 0 radical (unpaired) electrons. The van der Waals surface area contributed by atoms with Gasteiger partial charge in [-0.05, 0) is 31.2 Å². The summed E-state index contributed by atoms with van der Waals surface area (Å²) in [4.78, 5) is 12.2. The fourth-order valence-electron chi connectivity index (χ4n) is 2.70. The van der Waals surface area contributed by atoms with E-state index in [9.17, 15) is 9.18 Å². The molecule has 1 aliphatic heterocycles. The number of nitrogens with one attached hydrogen (secondary N) is 2. The van der Waals surface area contributed by atoms with Crippen molar-refractivity contribution in [3.8, 4) is 0 Å². The average molecular weight is 258 g/mol. The van der Waals surface area contributed by atoms with Gasteiger partial charge in [-0.3, -0.25) is 4.79 Å². The van der Waals surface area contributed by atoms with Crippen LogP contribution in [0.5, 0.6) is 0 Å². The third-order valence-electron chi connectivity index (χ3n) is 3.82. The van der Waals surface area contributed by atoms with Crippen LogP contribution in [-0.4, -0.2) is 11.4 Å². The number of carbonyl (C=O) groups is 1. The molecule has 1 heterocycles. The van der Waals surface area contributed by atoms with Gasteiger partial charge in [0.1, 0.15) is 11.4 Å². The van der Waals surface area contributed by atoms with Gasteiger partial charge in [0.05, 0.1) is 0 Å². The van der Waals surface area contributed by atoms with Crippen molar-refractivity contribution in [3.63, 3.8) is 0 Å². The molecule has 1 aromatic rings. The van der Waals surface area contributed by atoms with Gasteiger partial charge in [-0.1, -0.05) is 18.2 Å². The molecule has 1 aromatic carbocycles. The summed E-state index contributed by atoms with van der Waals surface area (Å²) >= 11 is 0. The monoisotopic (exact) mass is 258 g/mol. The van der Waals surface area contributed by atoms with E-state index in [4.69, 9.17) is 0 Å². The van der Waals surface area contributed by atoms with Crippen molar-refractivity contribution in [3.05, 3.63) is 54.0 Å². The minimum atomic E-state index is -0.821. The Kier molecular flexibility index (Phi) is 2.66. The van der Waals surface area contributed by atoms with E-state index in [1.54, 1.807) is 6.08 Å². The summed E-state index contributed by atoms with van der Waals surface area (Å²) in [6.45, 7) is 1.82. The number of hydrogen-bond donors (Lipinski definition) is 2. The number of halogens is 1. The van der Waals surface area contributed by atoms with E-state index in [0.717, 1.165) is 11.4 Å². The number of allylic oxidation sites excluding steroid dienone is 3. The van der Waals surface area contributed by atoms with Gasteiger partial charge in [-0.15, -0.1) is 0 Å². The predicted octanol–water partition coefficient (Wildman–Crippen LogP) is 2.74. The van der Waals surface area contributed by atoms with Crippen molar-refractivity contribution in [1.82, 2.24) is 5.32 Å². The van der Waals surface area contributed by atoms with E-state index in [1.807, 2.05) is 37.3 Å². The highest BCUT2D eigenvalue weighted by Crippen LogP contribution is 2.40. The van der Waals surface area contributed by atoms with Crippen molar-refractivity contribution < 1.29 is 9.18 Å². The van der Waals surface area contributed by atoms with Gasteiger partial charge < -0.3 is 10.6 Å². The van der Waals surface area contributed by atoms with Gasteiger partial charge in [0.15, 0.2) is 0 Å². The van der Waals surface area contributed by atoms with E-state index in [-0.39, 0.29) is 24.1 Å². The van der Waals surface area contributed by atoms with Gasteiger partial charge >= 0.3 is 0 Å². The highest BCUT2D eigenvalue weighted by molar-refractivity contribution is 5.94. The van der Waals surface area contributed by atoms with Crippen molar-refractivity contribution in [1.29, 1.82) is 0 Å². The Balaban J connectivity index is 1.92. The van der Waals surface area contributed by atoms with Crippen LogP contribution in [0, 0.1) is 5.92 Å². The molecule has 1 fully saturated rings. The first-order chi connectivity index (χ1) is 9.09. The number of fused-ring (bicyclic) bond motifs is 1. The van der Waals surface area contributed by atoms with Crippen LogP contribution < -0.4 is 10.6 Å². The Bertz CT molecular complexity index is 579. The first-order valence-electron chi connectivity index (χ1n) is 6.30. The number of benzene rings is 1. The van der Waals surface area contributed by atoms with Crippen LogP contribution >= 0.6 is 0 Å². The summed E-state index contributed by atoms with van der Waals surface area (Å²) in [5, 5.41) is 6.08. The standard InChI is InChI=1S/C15H15FN2O/c1-15(18-11-5-3-2-4-6-11)12-9-10(16)7-8-13(12)17-14(15)19/h2-8,12,18H,9H2,1H3,(H,17,19). The molecule has 3 nitrogen and oxygen atoms in total. The number of amides is 1. The van der Waals surface area contributed by atoms with Crippen molar-refractivity contribution in [2.45, 2.75) is 18.9 Å². The van der Waals surface area contributed by atoms with Crippen molar-refractivity contribution in [2.75, 3.05) is 5.32 Å². The topological polar surface area (TPSA) is 41.1 Å². The molecule has 2 atom stereocenters. The Hall–Kier alpha value is -2.10. The molecule has 0 aromatic heterocycles. The maximum Gasteiger partial charge on any atom is 0.250 e. The number of anilines is 1.